The van der Waals surface area contributed by atoms with Crippen LogP contribution >= 0.6 is 0 Å². The molecular weight excluding hydrogens is 769 g/mol. The van der Waals surface area contributed by atoms with Crippen LogP contribution in [0, 0.1) is 11.8 Å². The summed E-state index contributed by atoms with van der Waals surface area (Å²) >= 11 is 0. The summed E-state index contributed by atoms with van der Waals surface area (Å²) in [5.74, 6) is 1.23. The first-order valence-corrected chi connectivity index (χ1v) is 27.5. The van der Waals surface area contributed by atoms with E-state index in [1.165, 1.54) is 135 Å². The van der Waals surface area contributed by atoms with E-state index < -0.39 is 0 Å². The van der Waals surface area contributed by atoms with E-state index in [0.29, 0.717) is 50.2 Å². The monoisotopic (exact) mass is 877 g/mol. The molecule has 3 unspecified atom stereocenters. The normalized spacial score (nSPS) is 13.0. The van der Waals surface area contributed by atoms with E-state index in [9.17, 15) is 14.4 Å². The highest BCUT2D eigenvalue weighted by molar-refractivity contribution is 5.76. The van der Waals surface area contributed by atoms with Gasteiger partial charge in [-0.25, -0.2) is 0 Å². The standard InChI is InChI=1S/C55H108N2O5/c1-8-13-17-21-24-31-40-51(39-29-20-16-11-4)49-62-55(60)45-36-28-33-42-52(57(47-37-46-56(6)7)53(58)43-34-25-22-18-14-9-2)41-32-26-27-35-44-54(59)61-48-50(12-5)38-30-23-19-15-10-3/h50-52H,8-49H2,1-7H3. The zero-order valence-electron chi connectivity index (χ0n) is 42.9. The van der Waals surface area contributed by atoms with Gasteiger partial charge in [0.1, 0.15) is 0 Å². The van der Waals surface area contributed by atoms with Gasteiger partial charge in [-0.05, 0) is 90.3 Å². The van der Waals surface area contributed by atoms with Crippen molar-refractivity contribution in [1.29, 1.82) is 0 Å². The van der Waals surface area contributed by atoms with E-state index in [0.717, 1.165) is 103 Å². The van der Waals surface area contributed by atoms with Gasteiger partial charge < -0.3 is 19.3 Å². The molecule has 0 rings (SSSR count). The number of rotatable bonds is 48. The Hall–Kier alpha value is -1.63. The number of hydrogen-bond acceptors (Lipinski definition) is 6. The molecule has 0 aliphatic rings. The van der Waals surface area contributed by atoms with Crippen molar-refractivity contribution >= 4 is 17.8 Å². The van der Waals surface area contributed by atoms with Gasteiger partial charge in [-0.3, -0.25) is 14.4 Å². The average Bonchev–Trinajstić information content (AvgIpc) is 3.26. The number of carbonyl (C=O) groups is 3. The van der Waals surface area contributed by atoms with Crippen molar-refractivity contribution in [1.82, 2.24) is 9.80 Å². The molecule has 0 aromatic heterocycles. The molecule has 0 aromatic rings. The van der Waals surface area contributed by atoms with Crippen LogP contribution in [0.4, 0.5) is 0 Å². The molecule has 1 amide bonds. The van der Waals surface area contributed by atoms with Crippen molar-refractivity contribution in [2.45, 2.75) is 285 Å². The van der Waals surface area contributed by atoms with Gasteiger partial charge in [-0.2, -0.15) is 0 Å². The second kappa shape index (κ2) is 45.9. The Labute approximate surface area is 387 Å². The summed E-state index contributed by atoms with van der Waals surface area (Å²) < 4.78 is 11.6. The highest BCUT2D eigenvalue weighted by atomic mass is 16.5. The first-order valence-electron chi connectivity index (χ1n) is 27.5. The summed E-state index contributed by atoms with van der Waals surface area (Å²) in [6.07, 6.45) is 42.6. The zero-order chi connectivity index (χ0) is 45.7. The van der Waals surface area contributed by atoms with Gasteiger partial charge in [0.25, 0.3) is 0 Å². The van der Waals surface area contributed by atoms with Crippen LogP contribution in [0.2, 0.25) is 0 Å². The number of nitrogens with zero attached hydrogens (tertiary/aromatic N) is 2. The minimum atomic E-state index is -0.0426. The number of unbranched alkanes of at least 4 members (excludes halogenated alkanes) is 22. The van der Waals surface area contributed by atoms with Crippen LogP contribution in [0.25, 0.3) is 0 Å². The van der Waals surface area contributed by atoms with Gasteiger partial charge in [-0.15, -0.1) is 0 Å². The van der Waals surface area contributed by atoms with E-state index in [1.807, 2.05) is 0 Å². The van der Waals surface area contributed by atoms with E-state index in [4.69, 9.17) is 9.47 Å². The summed E-state index contributed by atoms with van der Waals surface area (Å²) in [7, 11) is 4.23. The van der Waals surface area contributed by atoms with Gasteiger partial charge in [0.05, 0.1) is 13.2 Å². The first-order chi connectivity index (χ1) is 30.2. The van der Waals surface area contributed by atoms with Crippen molar-refractivity contribution in [2.24, 2.45) is 11.8 Å². The molecule has 0 spiro atoms. The van der Waals surface area contributed by atoms with Crippen LogP contribution < -0.4 is 0 Å². The third-order valence-corrected chi connectivity index (χ3v) is 13.3. The summed E-state index contributed by atoms with van der Waals surface area (Å²) in [4.78, 5) is 43.9. The van der Waals surface area contributed by atoms with Gasteiger partial charge in [-0.1, -0.05) is 202 Å². The summed E-state index contributed by atoms with van der Waals surface area (Å²) in [5.41, 5.74) is 0. The SMILES string of the molecule is CCCCCCCCC(=O)N(CCCN(C)C)C(CCCCCCC(=O)OCC(CC)CCCCCCC)CCCCCC(=O)OCC(CCCCCC)CCCCCCCC. The molecule has 0 bridgehead atoms. The minimum Gasteiger partial charge on any atom is -0.465 e. The molecule has 0 aliphatic heterocycles. The molecule has 62 heavy (non-hydrogen) atoms. The fraction of sp³-hybridized carbons (Fsp3) is 0.945. The van der Waals surface area contributed by atoms with Crippen LogP contribution in [0.3, 0.4) is 0 Å². The number of ether oxygens (including phenoxy) is 2. The topological polar surface area (TPSA) is 76.2 Å². The number of esters is 2. The Bertz CT molecular complexity index is 989. The van der Waals surface area contributed by atoms with Crippen LogP contribution in [0.5, 0.6) is 0 Å². The molecule has 3 atom stereocenters. The maximum Gasteiger partial charge on any atom is 0.305 e. The predicted octanol–water partition coefficient (Wildman–Crippen LogP) is 16.0. The summed E-state index contributed by atoms with van der Waals surface area (Å²) in [5, 5.41) is 0. The Morgan fingerprint density at radius 1 is 0.387 bits per heavy atom. The lowest BCUT2D eigenvalue weighted by molar-refractivity contribution is -0.146. The largest absolute Gasteiger partial charge is 0.465 e. The van der Waals surface area contributed by atoms with Crippen LogP contribution in [-0.2, 0) is 23.9 Å². The van der Waals surface area contributed by atoms with Crippen molar-refractivity contribution in [3.8, 4) is 0 Å². The molecule has 0 N–H and O–H groups in total. The third kappa shape index (κ3) is 38.8. The molecule has 0 saturated heterocycles. The average molecular weight is 877 g/mol. The highest BCUT2D eigenvalue weighted by Crippen LogP contribution is 2.23. The zero-order valence-corrected chi connectivity index (χ0v) is 42.9. The number of hydrogen-bond donors (Lipinski definition) is 0. The molecule has 368 valence electrons. The Kier molecular flexibility index (Phi) is 44.7. The van der Waals surface area contributed by atoms with E-state index in [-0.39, 0.29) is 18.0 Å². The third-order valence-electron chi connectivity index (χ3n) is 13.3. The lowest BCUT2D eigenvalue weighted by atomic mass is 9.95. The number of amides is 1. The predicted molar refractivity (Wildman–Crippen MR) is 267 cm³/mol. The van der Waals surface area contributed by atoms with Crippen LogP contribution in [0.1, 0.15) is 279 Å². The van der Waals surface area contributed by atoms with Gasteiger partial charge in [0, 0.05) is 31.8 Å². The van der Waals surface area contributed by atoms with E-state index in [1.54, 1.807) is 0 Å². The fourth-order valence-electron chi connectivity index (χ4n) is 8.95. The van der Waals surface area contributed by atoms with E-state index in [2.05, 4.69) is 58.5 Å². The highest BCUT2D eigenvalue weighted by Gasteiger charge is 2.23. The number of carbonyl (C=O) groups excluding carboxylic acids is 3. The molecule has 0 radical (unpaired) electrons. The van der Waals surface area contributed by atoms with Crippen molar-refractivity contribution in [3.05, 3.63) is 0 Å². The Balaban J connectivity index is 5.17. The lowest BCUT2D eigenvalue weighted by Crippen LogP contribution is -2.41. The summed E-state index contributed by atoms with van der Waals surface area (Å²) in [6.45, 7) is 14.2. The molecule has 0 fully saturated rings. The summed E-state index contributed by atoms with van der Waals surface area (Å²) in [6, 6.07) is 0.227. The van der Waals surface area contributed by atoms with Crippen LogP contribution in [0.15, 0.2) is 0 Å². The minimum absolute atomic E-state index is 0.0330. The fourth-order valence-corrected chi connectivity index (χ4v) is 8.95. The van der Waals surface area contributed by atoms with E-state index >= 15 is 0 Å². The van der Waals surface area contributed by atoms with Crippen molar-refractivity contribution in [3.63, 3.8) is 0 Å². The second-order valence-corrected chi connectivity index (χ2v) is 19.6. The molecule has 0 heterocycles. The van der Waals surface area contributed by atoms with Gasteiger partial charge >= 0.3 is 11.9 Å². The molecular formula is C55H108N2O5. The quantitative estimate of drug-likeness (QED) is 0.0448. The maximum atomic E-state index is 13.9. The molecule has 0 saturated carbocycles. The van der Waals surface area contributed by atoms with Crippen molar-refractivity contribution in [2.75, 3.05) is 40.4 Å². The first kappa shape index (κ1) is 60.4. The molecule has 0 aromatic carbocycles. The smallest absolute Gasteiger partial charge is 0.305 e. The van der Waals surface area contributed by atoms with Gasteiger partial charge in [0.2, 0.25) is 5.91 Å². The Morgan fingerprint density at radius 2 is 0.742 bits per heavy atom. The van der Waals surface area contributed by atoms with Gasteiger partial charge in [0.15, 0.2) is 0 Å². The lowest BCUT2D eigenvalue weighted by Gasteiger charge is -2.33. The second-order valence-electron chi connectivity index (χ2n) is 19.6. The van der Waals surface area contributed by atoms with Crippen molar-refractivity contribution < 1.29 is 23.9 Å². The molecule has 0 aliphatic carbocycles. The Morgan fingerprint density at radius 3 is 1.19 bits per heavy atom. The molecule has 7 nitrogen and oxygen atoms in total. The molecule has 7 heteroatoms. The van der Waals surface area contributed by atoms with Crippen LogP contribution in [-0.4, -0.2) is 74.1 Å². The maximum absolute atomic E-state index is 13.9.